The Kier molecular flexibility index (Phi) is 8.46. The van der Waals surface area contributed by atoms with Crippen LogP contribution in [0, 0.1) is 0 Å². The van der Waals surface area contributed by atoms with Gasteiger partial charge in [-0.3, -0.25) is 0 Å². The molecule has 0 saturated carbocycles. The molecule has 80 valence electrons. The Balaban J connectivity index is 3.75. The second kappa shape index (κ2) is 8.52. The van der Waals surface area contributed by atoms with Gasteiger partial charge in [0.2, 0.25) is 0 Å². The van der Waals surface area contributed by atoms with E-state index in [1.807, 2.05) is 0 Å². The smallest absolute Gasteiger partial charge is 0.0558 e. The van der Waals surface area contributed by atoms with Crippen molar-refractivity contribution in [1.29, 1.82) is 0 Å². The molecule has 0 fully saturated rings. The Hall–Kier alpha value is -0.0800. The number of nitrogens with zero attached hydrogens (tertiary/aromatic N) is 1. The van der Waals surface area contributed by atoms with E-state index in [1.54, 1.807) is 0 Å². The van der Waals surface area contributed by atoms with Crippen LogP contribution in [0.5, 0.6) is 0 Å². The molecular weight excluding hydrogens is 162 g/mol. The van der Waals surface area contributed by atoms with Crippen molar-refractivity contribution in [3.63, 3.8) is 0 Å². The summed E-state index contributed by atoms with van der Waals surface area (Å²) in [5.74, 6) is 0. The molecule has 1 atom stereocenters. The Morgan fingerprint density at radius 3 is 2.31 bits per heavy atom. The van der Waals surface area contributed by atoms with Crippen molar-refractivity contribution in [3.05, 3.63) is 0 Å². The van der Waals surface area contributed by atoms with Crippen LogP contribution < -0.4 is 0 Å². The lowest BCUT2D eigenvalue weighted by atomic mass is 10.0. The second-order valence-electron chi connectivity index (χ2n) is 3.79. The van der Waals surface area contributed by atoms with Gasteiger partial charge in [0.1, 0.15) is 0 Å². The monoisotopic (exact) mass is 187 g/mol. The van der Waals surface area contributed by atoms with E-state index in [9.17, 15) is 0 Å². The van der Waals surface area contributed by atoms with Gasteiger partial charge in [-0.25, -0.2) is 0 Å². The summed E-state index contributed by atoms with van der Waals surface area (Å²) in [5, 5.41) is 8.84. The first-order valence-corrected chi connectivity index (χ1v) is 5.57. The lowest BCUT2D eigenvalue weighted by Crippen LogP contribution is -2.33. The summed E-state index contributed by atoms with van der Waals surface area (Å²) in [6, 6.07) is 0.678. The third-order valence-electron chi connectivity index (χ3n) is 2.59. The summed E-state index contributed by atoms with van der Waals surface area (Å²) in [7, 11) is 2.12. The molecule has 0 aliphatic rings. The van der Waals surface area contributed by atoms with Crippen LogP contribution in [0.4, 0.5) is 0 Å². The minimum Gasteiger partial charge on any atom is -0.395 e. The van der Waals surface area contributed by atoms with Gasteiger partial charge >= 0.3 is 0 Å². The average molecular weight is 187 g/mol. The van der Waals surface area contributed by atoms with Crippen LogP contribution >= 0.6 is 0 Å². The summed E-state index contributed by atoms with van der Waals surface area (Å²) in [6.07, 6.45) is 6.36. The summed E-state index contributed by atoms with van der Waals surface area (Å²) in [4.78, 5) is 2.29. The second-order valence-corrected chi connectivity index (χ2v) is 3.79. The molecule has 1 unspecified atom stereocenters. The van der Waals surface area contributed by atoms with Crippen molar-refractivity contribution in [3.8, 4) is 0 Å². The van der Waals surface area contributed by atoms with Gasteiger partial charge < -0.3 is 10.0 Å². The molecular formula is C11H25NO. The van der Waals surface area contributed by atoms with E-state index in [4.69, 9.17) is 5.11 Å². The topological polar surface area (TPSA) is 23.5 Å². The van der Waals surface area contributed by atoms with Gasteiger partial charge in [-0.05, 0) is 19.9 Å². The first-order valence-electron chi connectivity index (χ1n) is 5.57. The molecule has 0 saturated heterocycles. The van der Waals surface area contributed by atoms with Crippen molar-refractivity contribution in [2.45, 2.75) is 52.0 Å². The highest BCUT2D eigenvalue weighted by Crippen LogP contribution is 2.12. The SMILES string of the molecule is CCCCC(CCC)N(C)CCO. The zero-order chi connectivity index (χ0) is 10.1. The number of rotatable bonds is 8. The molecule has 0 aromatic heterocycles. The molecule has 0 rings (SSSR count). The highest BCUT2D eigenvalue weighted by atomic mass is 16.3. The average Bonchev–Trinajstić information content (AvgIpc) is 2.12. The molecule has 0 spiro atoms. The zero-order valence-electron chi connectivity index (χ0n) is 9.42. The van der Waals surface area contributed by atoms with Crippen LogP contribution in [-0.2, 0) is 0 Å². The van der Waals surface area contributed by atoms with Crippen molar-refractivity contribution in [2.75, 3.05) is 20.2 Å². The standard InChI is InChI=1S/C11H25NO/c1-4-6-8-11(7-5-2)12(3)9-10-13/h11,13H,4-10H2,1-3H3. The van der Waals surface area contributed by atoms with Gasteiger partial charge in [0.25, 0.3) is 0 Å². The number of aliphatic hydroxyl groups excluding tert-OH is 1. The number of hydrogen-bond donors (Lipinski definition) is 1. The fourth-order valence-electron chi connectivity index (χ4n) is 1.70. The van der Waals surface area contributed by atoms with Crippen LogP contribution in [0.1, 0.15) is 46.0 Å². The minimum absolute atomic E-state index is 0.281. The molecule has 0 bridgehead atoms. The van der Waals surface area contributed by atoms with E-state index in [0.717, 1.165) is 6.54 Å². The fourth-order valence-corrected chi connectivity index (χ4v) is 1.70. The Labute approximate surface area is 82.9 Å². The molecule has 2 nitrogen and oxygen atoms in total. The van der Waals surface area contributed by atoms with Crippen molar-refractivity contribution in [1.82, 2.24) is 4.90 Å². The highest BCUT2D eigenvalue weighted by molar-refractivity contribution is 4.67. The van der Waals surface area contributed by atoms with Crippen molar-refractivity contribution in [2.24, 2.45) is 0 Å². The predicted molar refractivity (Wildman–Crippen MR) is 57.9 cm³/mol. The van der Waals surface area contributed by atoms with Crippen LogP contribution in [0.15, 0.2) is 0 Å². The molecule has 2 heteroatoms. The number of unbranched alkanes of at least 4 members (excludes halogenated alkanes) is 1. The Morgan fingerprint density at radius 1 is 1.15 bits per heavy atom. The van der Waals surface area contributed by atoms with Crippen LogP contribution in [-0.4, -0.2) is 36.2 Å². The third-order valence-corrected chi connectivity index (χ3v) is 2.59. The zero-order valence-corrected chi connectivity index (χ0v) is 9.42. The van der Waals surface area contributed by atoms with Gasteiger partial charge in [-0.1, -0.05) is 33.1 Å². The normalized spacial score (nSPS) is 13.6. The Bertz CT molecular complexity index is 106. The van der Waals surface area contributed by atoms with E-state index in [2.05, 4.69) is 25.8 Å². The van der Waals surface area contributed by atoms with E-state index >= 15 is 0 Å². The van der Waals surface area contributed by atoms with Crippen molar-refractivity contribution < 1.29 is 5.11 Å². The van der Waals surface area contributed by atoms with Gasteiger partial charge in [-0.15, -0.1) is 0 Å². The summed E-state index contributed by atoms with van der Waals surface area (Å²) in [5.41, 5.74) is 0. The first-order chi connectivity index (χ1) is 6.26. The molecule has 13 heavy (non-hydrogen) atoms. The van der Waals surface area contributed by atoms with Gasteiger partial charge in [0, 0.05) is 12.6 Å². The molecule has 1 N–H and O–H groups in total. The summed E-state index contributed by atoms with van der Waals surface area (Å²) >= 11 is 0. The molecule has 0 aromatic carbocycles. The van der Waals surface area contributed by atoms with Crippen LogP contribution in [0.2, 0.25) is 0 Å². The lowest BCUT2D eigenvalue weighted by molar-refractivity contribution is 0.165. The van der Waals surface area contributed by atoms with Crippen LogP contribution in [0.3, 0.4) is 0 Å². The number of aliphatic hydroxyl groups is 1. The molecule has 0 amide bonds. The maximum Gasteiger partial charge on any atom is 0.0558 e. The Morgan fingerprint density at radius 2 is 1.85 bits per heavy atom. The summed E-state index contributed by atoms with van der Waals surface area (Å²) < 4.78 is 0. The number of likely N-dealkylation sites (N-methyl/N-ethyl adjacent to an activating group) is 1. The summed E-state index contributed by atoms with van der Waals surface area (Å²) in [6.45, 7) is 5.55. The quantitative estimate of drug-likeness (QED) is 0.630. The van der Waals surface area contributed by atoms with E-state index < -0.39 is 0 Å². The lowest BCUT2D eigenvalue weighted by Gasteiger charge is -2.27. The maximum atomic E-state index is 8.84. The maximum absolute atomic E-state index is 8.84. The largest absolute Gasteiger partial charge is 0.395 e. The molecule has 0 aliphatic heterocycles. The third kappa shape index (κ3) is 6.05. The molecule has 0 aliphatic carbocycles. The van der Waals surface area contributed by atoms with Gasteiger partial charge in [-0.2, -0.15) is 0 Å². The van der Waals surface area contributed by atoms with Gasteiger partial charge in [0.15, 0.2) is 0 Å². The minimum atomic E-state index is 0.281. The first kappa shape index (κ1) is 12.9. The highest BCUT2D eigenvalue weighted by Gasteiger charge is 2.11. The number of hydrogen-bond acceptors (Lipinski definition) is 2. The van der Waals surface area contributed by atoms with Gasteiger partial charge in [0.05, 0.1) is 6.61 Å². The predicted octanol–water partition coefficient (Wildman–Crippen LogP) is 2.27. The molecule has 0 aromatic rings. The van der Waals surface area contributed by atoms with Crippen molar-refractivity contribution >= 4 is 0 Å². The van der Waals surface area contributed by atoms with E-state index in [1.165, 1.54) is 32.1 Å². The molecule has 0 heterocycles. The fraction of sp³-hybridized carbons (Fsp3) is 1.00. The van der Waals surface area contributed by atoms with E-state index in [-0.39, 0.29) is 6.61 Å². The molecule has 0 radical (unpaired) electrons. The van der Waals surface area contributed by atoms with Crippen LogP contribution in [0.25, 0.3) is 0 Å². The van der Waals surface area contributed by atoms with E-state index in [0.29, 0.717) is 6.04 Å².